The Balaban J connectivity index is 1.07. The summed E-state index contributed by atoms with van der Waals surface area (Å²) in [6.07, 6.45) is 3.46. The molecule has 17 heteroatoms. The van der Waals surface area contributed by atoms with E-state index >= 15 is 0 Å². The van der Waals surface area contributed by atoms with Gasteiger partial charge in [-0.15, -0.1) is 11.8 Å². The molecule has 55 heavy (non-hydrogen) atoms. The summed E-state index contributed by atoms with van der Waals surface area (Å²) in [6.45, 7) is 1.37. The third-order valence-electron chi connectivity index (χ3n) is 10.1. The summed E-state index contributed by atoms with van der Waals surface area (Å²) in [5.74, 6) is -3.37. The fourth-order valence-corrected chi connectivity index (χ4v) is 8.94. The number of anilines is 2. The van der Waals surface area contributed by atoms with E-state index in [1.807, 2.05) is 35.2 Å². The van der Waals surface area contributed by atoms with E-state index in [1.54, 1.807) is 11.8 Å². The maximum absolute atomic E-state index is 14.0. The Hall–Kier alpha value is -3.50. The van der Waals surface area contributed by atoms with Crippen LogP contribution < -0.4 is 20.4 Å². The van der Waals surface area contributed by atoms with Crippen LogP contribution in [0.25, 0.3) is 0 Å². The Bertz CT molecular complexity index is 1770. The van der Waals surface area contributed by atoms with Gasteiger partial charge in [-0.1, -0.05) is 35.3 Å². The largest absolute Gasteiger partial charge is 0.480 e. The predicted molar refractivity (Wildman–Crippen MR) is 216 cm³/mol. The van der Waals surface area contributed by atoms with Gasteiger partial charge in [-0.2, -0.15) is 12.6 Å². The van der Waals surface area contributed by atoms with E-state index < -0.39 is 48.0 Å². The van der Waals surface area contributed by atoms with Crippen molar-refractivity contribution in [3.63, 3.8) is 0 Å². The van der Waals surface area contributed by atoms with Crippen molar-refractivity contribution in [3.8, 4) is 0 Å². The highest BCUT2D eigenvalue weighted by molar-refractivity contribution is 7.99. The Morgan fingerprint density at radius 3 is 2.35 bits per heavy atom. The first-order valence-corrected chi connectivity index (χ1v) is 21.0. The number of carbonyl (C=O) groups excluding carboxylic acids is 4. The van der Waals surface area contributed by atoms with Gasteiger partial charge in [0.05, 0.1) is 23.3 Å². The number of halogens is 2. The fourth-order valence-electron chi connectivity index (χ4n) is 6.93. The molecule has 2 fully saturated rings. The van der Waals surface area contributed by atoms with Crippen LogP contribution in [0.2, 0.25) is 10.0 Å². The molecule has 13 nitrogen and oxygen atoms in total. The van der Waals surface area contributed by atoms with E-state index in [9.17, 15) is 33.9 Å². The molecule has 298 valence electrons. The maximum Gasteiger partial charge on any atom is 0.326 e. The quantitative estimate of drug-likeness (QED) is 0.0928. The lowest BCUT2D eigenvalue weighted by molar-refractivity contribution is -0.142. The summed E-state index contributed by atoms with van der Waals surface area (Å²) in [4.78, 5) is 80.2. The SMILES string of the molecule is O=C(O)CNC(=O)[C@H](CS)CC(=O)CC[C@H](NC(=O)CCCCc1cc(Cl)c(CN2CSC[C@H]2C(=O)N2CCN(C3CC3)c3ccccc32)cc1Cl)C(=O)O. The van der Waals surface area contributed by atoms with Crippen LogP contribution in [0.4, 0.5) is 11.4 Å². The van der Waals surface area contributed by atoms with E-state index in [1.165, 1.54) is 12.8 Å². The molecule has 2 aromatic carbocycles. The molecule has 3 amide bonds. The van der Waals surface area contributed by atoms with Crippen LogP contribution in [0.5, 0.6) is 0 Å². The topological polar surface area (TPSA) is 177 Å². The standard InChI is InChI=1S/C38H47Cl2N5O8S2/c39-28-17-24(19-43-22-55-21-33(43)37(51)45-14-13-44(26-9-10-26)31-6-2-3-7-32(31)45)29(40)16-23(28)5-1-4-8-34(47)42-30(38(52)53)12-11-27(46)15-25(20-54)36(50)41-18-35(48)49/h2-3,6-7,16-17,25-26,30,33,54H,1,4-5,8-15,18-22H2,(H,41,50)(H,42,47)(H,48,49)(H,52,53)/t25-,30-,33-/m0/s1. The number of amides is 3. The van der Waals surface area contributed by atoms with Crippen molar-refractivity contribution in [1.29, 1.82) is 0 Å². The van der Waals surface area contributed by atoms with Crippen LogP contribution in [0, 0.1) is 5.92 Å². The number of ketones is 1. The third-order valence-corrected chi connectivity index (χ3v) is 12.3. The van der Waals surface area contributed by atoms with Crippen LogP contribution in [0.1, 0.15) is 62.5 Å². The lowest BCUT2D eigenvalue weighted by Gasteiger charge is -2.39. The zero-order valence-corrected chi connectivity index (χ0v) is 33.6. The van der Waals surface area contributed by atoms with Gasteiger partial charge in [0.25, 0.3) is 0 Å². The van der Waals surface area contributed by atoms with Crippen LogP contribution in [-0.4, -0.2) is 106 Å². The summed E-state index contributed by atoms with van der Waals surface area (Å²) in [7, 11) is 0. The second kappa shape index (κ2) is 20.1. The number of Topliss-reactive ketones (excluding diaryl/α,β-unsaturated/α-hetero) is 1. The Morgan fingerprint density at radius 1 is 0.945 bits per heavy atom. The van der Waals surface area contributed by atoms with E-state index in [2.05, 4.69) is 39.1 Å². The van der Waals surface area contributed by atoms with Crippen LogP contribution in [0.15, 0.2) is 36.4 Å². The van der Waals surface area contributed by atoms with Crippen molar-refractivity contribution >= 4 is 94.4 Å². The number of aliphatic carboxylic acids is 2. The number of rotatable bonds is 20. The van der Waals surface area contributed by atoms with Crippen LogP contribution in [0.3, 0.4) is 0 Å². The van der Waals surface area contributed by atoms with E-state index in [0.29, 0.717) is 60.1 Å². The molecule has 0 bridgehead atoms. The lowest BCUT2D eigenvalue weighted by atomic mass is 9.99. The normalized spacial score (nSPS) is 18.0. The van der Waals surface area contributed by atoms with Gasteiger partial charge in [-0.25, -0.2) is 4.79 Å². The average Bonchev–Trinajstić information content (AvgIpc) is 3.90. The summed E-state index contributed by atoms with van der Waals surface area (Å²) in [5, 5.41) is 24.1. The van der Waals surface area contributed by atoms with Gasteiger partial charge in [0.2, 0.25) is 17.7 Å². The number of thiol groups is 1. The third kappa shape index (κ3) is 11.8. The maximum atomic E-state index is 14.0. The van der Waals surface area contributed by atoms with Crippen LogP contribution >= 0.6 is 47.6 Å². The minimum Gasteiger partial charge on any atom is -0.480 e. The number of aryl methyl sites for hydroxylation is 1. The molecule has 0 radical (unpaired) electrons. The fraction of sp³-hybridized carbons (Fsp3) is 0.526. The number of carboxylic acids is 2. The number of benzene rings is 2. The van der Waals surface area contributed by atoms with Gasteiger partial charge in [0.1, 0.15) is 18.4 Å². The number of nitrogens with one attached hydrogen (secondary N) is 2. The van der Waals surface area contributed by atoms with Gasteiger partial charge >= 0.3 is 11.9 Å². The second-order valence-electron chi connectivity index (χ2n) is 14.1. The smallest absolute Gasteiger partial charge is 0.326 e. The molecule has 0 aromatic heterocycles. The van der Waals surface area contributed by atoms with Gasteiger partial charge in [-0.05, 0) is 73.9 Å². The Morgan fingerprint density at radius 2 is 1.65 bits per heavy atom. The van der Waals surface area contributed by atoms with Crippen molar-refractivity contribution in [2.45, 2.75) is 82.5 Å². The number of nitrogens with zero attached hydrogens (tertiary/aromatic N) is 3. The first-order chi connectivity index (χ1) is 26.4. The molecule has 1 aliphatic carbocycles. The van der Waals surface area contributed by atoms with Crippen molar-refractivity contribution in [1.82, 2.24) is 15.5 Å². The predicted octanol–water partition coefficient (Wildman–Crippen LogP) is 4.65. The van der Waals surface area contributed by atoms with Gasteiger partial charge < -0.3 is 30.6 Å². The van der Waals surface area contributed by atoms with Gasteiger partial charge in [0, 0.05) is 72.4 Å². The minimum absolute atomic E-state index is 0.00678. The van der Waals surface area contributed by atoms with Gasteiger partial charge in [-0.3, -0.25) is 28.9 Å². The molecule has 2 aliphatic heterocycles. The highest BCUT2D eigenvalue weighted by Gasteiger charge is 2.40. The van der Waals surface area contributed by atoms with Crippen molar-refractivity contribution in [2.24, 2.45) is 5.92 Å². The molecule has 1 saturated heterocycles. The molecular formula is C38H47Cl2N5O8S2. The molecule has 3 atom stereocenters. The minimum atomic E-state index is -1.29. The monoisotopic (exact) mass is 835 g/mol. The van der Waals surface area contributed by atoms with E-state index in [-0.39, 0.29) is 43.4 Å². The van der Waals surface area contributed by atoms with Crippen molar-refractivity contribution < 1.29 is 39.0 Å². The summed E-state index contributed by atoms with van der Waals surface area (Å²) in [5.41, 5.74) is 3.75. The molecule has 3 aliphatic rings. The number of carbonyl (C=O) groups is 6. The van der Waals surface area contributed by atoms with Crippen molar-refractivity contribution in [2.75, 3.05) is 46.8 Å². The number of carboxylic acid groups (broad SMARTS) is 2. The number of para-hydroxylation sites is 2. The highest BCUT2D eigenvalue weighted by Crippen LogP contribution is 2.41. The van der Waals surface area contributed by atoms with E-state index in [4.69, 9.17) is 28.3 Å². The Kier molecular flexibility index (Phi) is 15.6. The molecule has 1 saturated carbocycles. The number of unbranched alkanes of at least 4 members (excludes halogenated alkanes) is 1. The summed E-state index contributed by atoms with van der Waals surface area (Å²) in [6, 6.07) is 10.8. The summed E-state index contributed by atoms with van der Waals surface area (Å²) < 4.78 is 0. The molecule has 2 heterocycles. The molecule has 5 rings (SSSR count). The van der Waals surface area contributed by atoms with Crippen molar-refractivity contribution in [3.05, 3.63) is 57.6 Å². The molecule has 2 aromatic rings. The zero-order valence-electron chi connectivity index (χ0n) is 30.4. The number of hydrogen-bond acceptors (Lipinski definition) is 10. The highest BCUT2D eigenvalue weighted by atomic mass is 35.5. The van der Waals surface area contributed by atoms with Gasteiger partial charge in [0.15, 0.2) is 0 Å². The molecule has 0 spiro atoms. The Labute approximate surface area is 340 Å². The molecule has 0 unspecified atom stereocenters. The summed E-state index contributed by atoms with van der Waals surface area (Å²) >= 11 is 19.3. The first-order valence-electron chi connectivity index (χ1n) is 18.5. The number of hydrogen-bond donors (Lipinski definition) is 5. The molecular weight excluding hydrogens is 789 g/mol. The van der Waals surface area contributed by atoms with Crippen LogP contribution in [-0.2, 0) is 41.7 Å². The second-order valence-corrected chi connectivity index (χ2v) is 16.3. The van der Waals surface area contributed by atoms with E-state index in [0.717, 1.165) is 29.0 Å². The number of thioether (sulfide) groups is 1. The lowest BCUT2D eigenvalue weighted by Crippen LogP contribution is -2.52. The first kappa shape index (κ1) is 42.6. The molecule has 4 N–H and O–H groups in total. The zero-order chi connectivity index (χ0) is 39.6. The number of fused-ring (bicyclic) bond motifs is 1. The average molecular weight is 837 g/mol.